The number of hydrogen-bond donors (Lipinski definition) is 1. The van der Waals surface area contributed by atoms with Crippen LogP contribution in [0.3, 0.4) is 0 Å². The molecule has 0 bridgehead atoms. The minimum atomic E-state index is -0.332. The van der Waals surface area contributed by atoms with Crippen LogP contribution in [0, 0.1) is 0 Å². The lowest BCUT2D eigenvalue weighted by Crippen LogP contribution is -2.24. The van der Waals surface area contributed by atoms with Crippen LogP contribution in [0.4, 0.5) is 0 Å². The lowest BCUT2D eigenvalue weighted by molar-refractivity contribution is -0.123. The van der Waals surface area contributed by atoms with Crippen molar-refractivity contribution in [3.05, 3.63) is 77.3 Å². The van der Waals surface area contributed by atoms with Crippen LogP contribution in [0.25, 0.3) is 10.8 Å². The summed E-state index contributed by atoms with van der Waals surface area (Å²) < 4.78 is 5.59. The largest absolute Gasteiger partial charge is 0.483 e. The molecule has 0 aliphatic rings. The SMILES string of the molecule is O=C(COc1ccc(Cl)c2ccccc12)NN=Cc1ccccc1. The average Bonchev–Trinajstić information content (AvgIpc) is 2.62. The molecule has 1 amide bonds. The van der Waals surface area contributed by atoms with E-state index in [9.17, 15) is 4.79 Å². The number of hydrogen-bond acceptors (Lipinski definition) is 3. The summed E-state index contributed by atoms with van der Waals surface area (Å²) in [7, 11) is 0. The van der Waals surface area contributed by atoms with Crippen LogP contribution in [0.2, 0.25) is 5.02 Å². The van der Waals surface area contributed by atoms with Gasteiger partial charge in [0, 0.05) is 15.8 Å². The molecule has 24 heavy (non-hydrogen) atoms. The quantitative estimate of drug-likeness (QED) is 0.564. The fraction of sp³-hybridized carbons (Fsp3) is 0.0526. The van der Waals surface area contributed by atoms with Crippen LogP contribution < -0.4 is 10.2 Å². The highest BCUT2D eigenvalue weighted by atomic mass is 35.5. The second-order valence-corrected chi connectivity index (χ2v) is 5.49. The molecular weight excluding hydrogens is 324 g/mol. The maximum absolute atomic E-state index is 11.8. The number of benzene rings is 3. The average molecular weight is 339 g/mol. The molecule has 0 spiro atoms. The zero-order valence-corrected chi connectivity index (χ0v) is 13.5. The molecule has 0 radical (unpaired) electrons. The molecule has 120 valence electrons. The molecule has 0 saturated heterocycles. The van der Waals surface area contributed by atoms with Crippen molar-refractivity contribution in [2.75, 3.05) is 6.61 Å². The highest BCUT2D eigenvalue weighted by Gasteiger charge is 2.07. The molecular formula is C19H15ClN2O2. The van der Waals surface area contributed by atoms with Gasteiger partial charge in [-0.05, 0) is 17.7 Å². The number of halogens is 1. The van der Waals surface area contributed by atoms with Gasteiger partial charge in [0.2, 0.25) is 0 Å². The maximum Gasteiger partial charge on any atom is 0.277 e. The zero-order valence-electron chi connectivity index (χ0n) is 12.8. The number of amides is 1. The molecule has 0 unspecified atom stereocenters. The van der Waals surface area contributed by atoms with Gasteiger partial charge >= 0.3 is 0 Å². The van der Waals surface area contributed by atoms with Crippen molar-refractivity contribution in [2.24, 2.45) is 5.10 Å². The Balaban J connectivity index is 1.61. The van der Waals surface area contributed by atoms with Crippen molar-refractivity contribution in [1.82, 2.24) is 5.43 Å². The Hall–Kier alpha value is -2.85. The Morgan fingerprint density at radius 2 is 1.71 bits per heavy atom. The number of rotatable bonds is 5. The lowest BCUT2D eigenvalue weighted by atomic mass is 10.1. The molecule has 3 aromatic carbocycles. The molecule has 4 nitrogen and oxygen atoms in total. The van der Waals surface area contributed by atoms with E-state index in [-0.39, 0.29) is 12.5 Å². The monoisotopic (exact) mass is 338 g/mol. The van der Waals surface area contributed by atoms with E-state index in [0.29, 0.717) is 10.8 Å². The van der Waals surface area contributed by atoms with Crippen molar-refractivity contribution in [3.8, 4) is 5.75 Å². The maximum atomic E-state index is 11.8. The Bertz CT molecular complexity index is 879. The van der Waals surface area contributed by atoms with Gasteiger partial charge in [-0.25, -0.2) is 5.43 Å². The second kappa shape index (κ2) is 7.62. The molecule has 0 heterocycles. The van der Waals surface area contributed by atoms with Gasteiger partial charge < -0.3 is 4.74 Å². The van der Waals surface area contributed by atoms with Gasteiger partial charge in [0.25, 0.3) is 5.91 Å². The number of nitrogens with zero attached hydrogens (tertiary/aromatic N) is 1. The number of carbonyl (C=O) groups is 1. The number of hydrazone groups is 1. The van der Waals surface area contributed by atoms with Gasteiger partial charge in [-0.15, -0.1) is 0 Å². The van der Waals surface area contributed by atoms with Crippen LogP contribution in [0.1, 0.15) is 5.56 Å². The standard InChI is InChI=1S/C19H15ClN2O2/c20-17-10-11-18(16-9-5-4-8-15(16)17)24-13-19(23)22-21-12-14-6-2-1-3-7-14/h1-12H,13H2,(H,22,23). The molecule has 5 heteroatoms. The third-order valence-corrected chi connectivity index (χ3v) is 3.72. The summed E-state index contributed by atoms with van der Waals surface area (Å²) in [5, 5.41) is 6.31. The first-order chi connectivity index (χ1) is 11.7. The minimum Gasteiger partial charge on any atom is -0.483 e. The van der Waals surface area contributed by atoms with Crippen molar-refractivity contribution >= 4 is 34.5 Å². The van der Waals surface area contributed by atoms with E-state index in [0.717, 1.165) is 16.3 Å². The first-order valence-corrected chi connectivity index (χ1v) is 7.79. The van der Waals surface area contributed by atoms with E-state index in [1.54, 1.807) is 18.3 Å². The molecule has 3 aromatic rings. The summed E-state index contributed by atoms with van der Waals surface area (Å²) in [4.78, 5) is 11.8. The zero-order chi connectivity index (χ0) is 16.8. The summed E-state index contributed by atoms with van der Waals surface area (Å²) in [6, 6.07) is 20.6. The predicted octanol–water partition coefficient (Wildman–Crippen LogP) is 4.02. The summed E-state index contributed by atoms with van der Waals surface area (Å²) >= 11 is 6.16. The number of ether oxygens (including phenoxy) is 1. The van der Waals surface area contributed by atoms with E-state index >= 15 is 0 Å². The van der Waals surface area contributed by atoms with Gasteiger partial charge in [-0.3, -0.25) is 4.79 Å². The molecule has 0 saturated carbocycles. The molecule has 0 fully saturated rings. The summed E-state index contributed by atoms with van der Waals surface area (Å²) in [6.07, 6.45) is 1.58. The molecule has 0 aliphatic carbocycles. The highest BCUT2D eigenvalue weighted by Crippen LogP contribution is 2.31. The van der Waals surface area contributed by atoms with Gasteiger partial charge in [0.15, 0.2) is 6.61 Å². The van der Waals surface area contributed by atoms with Gasteiger partial charge in [-0.2, -0.15) is 5.10 Å². The fourth-order valence-electron chi connectivity index (χ4n) is 2.25. The molecule has 1 N–H and O–H groups in total. The predicted molar refractivity (Wildman–Crippen MR) is 96.6 cm³/mol. The Morgan fingerprint density at radius 1 is 1.00 bits per heavy atom. The third-order valence-electron chi connectivity index (χ3n) is 3.39. The first kappa shape index (κ1) is 16.0. The number of fused-ring (bicyclic) bond motifs is 1. The van der Waals surface area contributed by atoms with E-state index in [1.807, 2.05) is 54.6 Å². The fourth-order valence-corrected chi connectivity index (χ4v) is 2.48. The van der Waals surface area contributed by atoms with Crippen molar-refractivity contribution in [1.29, 1.82) is 0 Å². The van der Waals surface area contributed by atoms with E-state index < -0.39 is 0 Å². The lowest BCUT2D eigenvalue weighted by Gasteiger charge is -2.09. The molecule has 3 rings (SSSR count). The minimum absolute atomic E-state index is 0.127. The van der Waals surface area contributed by atoms with E-state index in [2.05, 4.69) is 10.5 Å². The van der Waals surface area contributed by atoms with Crippen LogP contribution in [-0.2, 0) is 4.79 Å². The normalized spacial score (nSPS) is 10.9. The molecule has 0 aromatic heterocycles. The third kappa shape index (κ3) is 3.91. The first-order valence-electron chi connectivity index (χ1n) is 7.41. The van der Waals surface area contributed by atoms with Gasteiger partial charge in [0.05, 0.1) is 6.21 Å². The second-order valence-electron chi connectivity index (χ2n) is 5.08. The number of carbonyl (C=O) groups excluding carboxylic acids is 1. The van der Waals surface area contributed by atoms with Crippen molar-refractivity contribution in [3.63, 3.8) is 0 Å². The summed E-state index contributed by atoms with van der Waals surface area (Å²) in [5.74, 6) is 0.276. The summed E-state index contributed by atoms with van der Waals surface area (Å²) in [6.45, 7) is -0.127. The molecule has 0 atom stereocenters. The van der Waals surface area contributed by atoms with Crippen molar-refractivity contribution < 1.29 is 9.53 Å². The van der Waals surface area contributed by atoms with Crippen LogP contribution >= 0.6 is 11.6 Å². The van der Waals surface area contributed by atoms with Crippen LogP contribution in [0.5, 0.6) is 5.75 Å². The van der Waals surface area contributed by atoms with Gasteiger partial charge in [-0.1, -0.05) is 66.2 Å². The van der Waals surface area contributed by atoms with Crippen LogP contribution in [0.15, 0.2) is 71.8 Å². The van der Waals surface area contributed by atoms with E-state index in [4.69, 9.17) is 16.3 Å². The van der Waals surface area contributed by atoms with E-state index in [1.165, 1.54) is 0 Å². The summed E-state index contributed by atoms with van der Waals surface area (Å²) in [5.41, 5.74) is 3.35. The molecule has 0 aliphatic heterocycles. The Kier molecular flexibility index (Phi) is 5.08. The van der Waals surface area contributed by atoms with Gasteiger partial charge in [0.1, 0.15) is 5.75 Å². The van der Waals surface area contributed by atoms with Crippen molar-refractivity contribution in [2.45, 2.75) is 0 Å². The highest BCUT2D eigenvalue weighted by molar-refractivity contribution is 6.35. The van der Waals surface area contributed by atoms with Crippen LogP contribution in [-0.4, -0.2) is 18.7 Å². The smallest absolute Gasteiger partial charge is 0.277 e. The topological polar surface area (TPSA) is 50.7 Å². The Morgan fingerprint density at radius 3 is 2.50 bits per heavy atom. The number of nitrogens with one attached hydrogen (secondary N) is 1. The Labute approximate surface area is 144 Å².